The number of ether oxygens (including phenoxy) is 1. The van der Waals surface area contributed by atoms with Crippen molar-refractivity contribution in [1.82, 2.24) is 0 Å². The largest absolute Gasteiger partial charge is 0.399 e. The van der Waals surface area contributed by atoms with E-state index in [0.717, 1.165) is 0 Å². The quantitative estimate of drug-likeness (QED) is 0.532. The van der Waals surface area contributed by atoms with Crippen molar-refractivity contribution in [2.24, 2.45) is 11.8 Å². The second-order valence-corrected chi connectivity index (χ2v) is 7.08. The van der Waals surface area contributed by atoms with Crippen LogP contribution in [0.15, 0.2) is 0 Å². The Balaban J connectivity index is 2.11. The van der Waals surface area contributed by atoms with Crippen LogP contribution in [0.4, 0.5) is 8.78 Å². The van der Waals surface area contributed by atoms with E-state index < -0.39 is 24.8 Å². The van der Waals surface area contributed by atoms with E-state index in [-0.39, 0.29) is 19.1 Å². The Bertz CT molecular complexity index is 360. The molecule has 1 saturated heterocycles. The average molecular weight is 284 g/mol. The standard InChI is InChI=1S/C11H19F2O4P/c1-4-16-18(14,17-5-2)11(12,13)9-6-8(9)10(3)7-15-10/h8-9H,4-7H2,1-3H3. The Morgan fingerprint density at radius 2 is 1.89 bits per heavy atom. The van der Waals surface area contributed by atoms with E-state index in [4.69, 9.17) is 13.8 Å². The summed E-state index contributed by atoms with van der Waals surface area (Å²) < 4.78 is 55.4. The maximum Gasteiger partial charge on any atom is 0.399 e. The van der Waals surface area contributed by atoms with Crippen molar-refractivity contribution in [3.63, 3.8) is 0 Å². The SMILES string of the molecule is CCOP(=O)(OCC)C(F)(F)C1CC1C1(C)CO1. The summed E-state index contributed by atoms with van der Waals surface area (Å²) in [6, 6.07) is 0. The van der Waals surface area contributed by atoms with Gasteiger partial charge in [0.05, 0.1) is 25.4 Å². The second-order valence-electron chi connectivity index (χ2n) is 4.97. The lowest BCUT2D eigenvalue weighted by molar-refractivity contribution is 0.0115. The molecule has 7 heteroatoms. The molecular weight excluding hydrogens is 265 g/mol. The Morgan fingerprint density at radius 3 is 2.28 bits per heavy atom. The van der Waals surface area contributed by atoms with Crippen LogP contribution in [-0.4, -0.2) is 31.1 Å². The van der Waals surface area contributed by atoms with Crippen molar-refractivity contribution in [3.8, 4) is 0 Å². The first kappa shape index (κ1) is 14.4. The molecule has 0 aromatic heterocycles. The first-order valence-corrected chi connectivity index (χ1v) is 7.76. The van der Waals surface area contributed by atoms with Gasteiger partial charge in [0, 0.05) is 5.92 Å². The van der Waals surface area contributed by atoms with Crippen LogP contribution in [0.1, 0.15) is 27.2 Å². The van der Waals surface area contributed by atoms with Crippen molar-refractivity contribution < 1.29 is 27.1 Å². The Kier molecular flexibility index (Phi) is 3.61. The maximum absolute atomic E-state index is 14.3. The van der Waals surface area contributed by atoms with Crippen LogP contribution in [-0.2, 0) is 18.3 Å². The minimum absolute atomic E-state index is 0.0575. The summed E-state index contributed by atoms with van der Waals surface area (Å²) in [6.07, 6.45) is 0.313. The maximum atomic E-state index is 14.3. The van der Waals surface area contributed by atoms with Gasteiger partial charge < -0.3 is 13.8 Å². The molecule has 1 heterocycles. The molecule has 0 radical (unpaired) electrons. The molecule has 1 aliphatic carbocycles. The van der Waals surface area contributed by atoms with Crippen LogP contribution < -0.4 is 0 Å². The summed E-state index contributed by atoms with van der Waals surface area (Å²) in [4.78, 5) is 0. The lowest BCUT2D eigenvalue weighted by atomic mass is 10.1. The third-order valence-electron chi connectivity index (χ3n) is 3.58. The Labute approximate surface area is 106 Å². The molecule has 3 unspecified atom stereocenters. The minimum atomic E-state index is -4.38. The topological polar surface area (TPSA) is 48.1 Å². The van der Waals surface area contributed by atoms with Crippen molar-refractivity contribution in [3.05, 3.63) is 0 Å². The summed E-state index contributed by atoms with van der Waals surface area (Å²) in [5.74, 6) is -1.21. The number of rotatable bonds is 7. The zero-order valence-electron chi connectivity index (χ0n) is 10.8. The monoisotopic (exact) mass is 284 g/mol. The molecule has 0 bridgehead atoms. The van der Waals surface area contributed by atoms with Gasteiger partial charge >= 0.3 is 13.3 Å². The molecule has 2 aliphatic rings. The second kappa shape index (κ2) is 4.51. The van der Waals surface area contributed by atoms with E-state index in [1.54, 1.807) is 6.92 Å². The predicted molar refractivity (Wildman–Crippen MR) is 61.8 cm³/mol. The molecular formula is C11H19F2O4P. The first-order valence-electron chi connectivity index (χ1n) is 6.21. The van der Waals surface area contributed by atoms with E-state index in [0.29, 0.717) is 13.0 Å². The molecule has 2 rings (SSSR count). The molecule has 1 saturated carbocycles. The number of epoxide rings is 1. The van der Waals surface area contributed by atoms with Crippen LogP contribution in [0.3, 0.4) is 0 Å². The van der Waals surface area contributed by atoms with Crippen LogP contribution in [0.25, 0.3) is 0 Å². The lowest BCUT2D eigenvalue weighted by Crippen LogP contribution is -2.26. The number of hydrogen-bond donors (Lipinski definition) is 0. The van der Waals surface area contributed by atoms with Crippen molar-refractivity contribution in [1.29, 1.82) is 0 Å². The van der Waals surface area contributed by atoms with Gasteiger partial charge in [0.15, 0.2) is 0 Å². The summed E-state index contributed by atoms with van der Waals surface area (Å²) in [5, 5.41) is 0. The van der Waals surface area contributed by atoms with E-state index in [9.17, 15) is 13.3 Å². The smallest absolute Gasteiger partial charge is 0.370 e. The van der Waals surface area contributed by atoms with Crippen LogP contribution >= 0.6 is 7.60 Å². The first-order chi connectivity index (χ1) is 8.31. The normalized spacial score (nSPS) is 35.6. The molecule has 106 valence electrons. The summed E-state index contributed by atoms with van der Waals surface area (Å²) in [6.45, 7) is 5.24. The number of halogens is 2. The Hall–Kier alpha value is -0.0300. The number of alkyl halides is 2. The highest BCUT2D eigenvalue weighted by atomic mass is 31.2. The molecule has 1 aliphatic heterocycles. The molecule has 3 atom stereocenters. The minimum Gasteiger partial charge on any atom is -0.370 e. The highest BCUT2D eigenvalue weighted by molar-refractivity contribution is 7.55. The molecule has 0 aromatic rings. The van der Waals surface area contributed by atoms with E-state index >= 15 is 0 Å². The van der Waals surface area contributed by atoms with Gasteiger partial charge in [-0.25, -0.2) is 0 Å². The van der Waals surface area contributed by atoms with E-state index in [2.05, 4.69) is 0 Å². The fraction of sp³-hybridized carbons (Fsp3) is 1.00. The van der Waals surface area contributed by atoms with Gasteiger partial charge in [0.2, 0.25) is 0 Å². The fourth-order valence-electron chi connectivity index (χ4n) is 2.33. The lowest BCUT2D eigenvalue weighted by Gasteiger charge is -2.26. The summed E-state index contributed by atoms with van der Waals surface area (Å²) in [7, 11) is -4.38. The Morgan fingerprint density at radius 1 is 1.39 bits per heavy atom. The van der Waals surface area contributed by atoms with Crippen LogP contribution in [0, 0.1) is 11.8 Å². The third kappa shape index (κ3) is 2.24. The highest BCUT2D eigenvalue weighted by Crippen LogP contribution is 2.73. The van der Waals surface area contributed by atoms with E-state index in [1.165, 1.54) is 13.8 Å². The average Bonchev–Trinajstić information content (AvgIpc) is 3.11. The van der Waals surface area contributed by atoms with Crippen LogP contribution in [0.2, 0.25) is 0 Å². The molecule has 0 amide bonds. The molecule has 0 aromatic carbocycles. The predicted octanol–water partition coefficient (Wildman–Crippen LogP) is 3.27. The molecule has 2 fully saturated rings. The zero-order chi connectivity index (χ0) is 13.6. The third-order valence-corrected chi connectivity index (χ3v) is 5.84. The van der Waals surface area contributed by atoms with Gasteiger partial charge in [-0.15, -0.1) is 0 Å². The fourth-order valence-corrected chi connectivity index (χ4v) is 4.12. The van der Waals surface area contributed by atoms with Gasteiger partial charge in [-0.3, -0.25) is 4.57 Å². The summed E-state index contributed by atoms with van der Waals surface area (Å²) >= 11 is 0. The summed E-state index contributed by atoms with van der Waals surface area (Å²) in [5.41, 5.74) is -3.89. The van der Waals surface area contributed by atoms with Crippen molar-refractivity contribution >= 4 is 7.60 Å². The van der Waals surface area contributed by atoms with Gasteiger partial charge in [-0.05, 0) is 33.1 Å². The molecule has 0 N–H and O–H groups in total. The number of hydrogen-bond acceptors (Lipinski definition) is 4. The van der Waals surface area contributed by atoms with Gasteiger partial charge in [0.1, 0.15) is 0 Å². The highest BCUT2D eigenvalue weighted by Gasteiger charge is 2.72. The zero-order valence-corrected chi connectivity index (χ0v) is 11.7. The van der Waals surface area contributed by atoms with E-state index in [1.807, 2.05) is 0 Å². The van der Waals surface area contributed by atoms with Crippen molar-refractivity contribution in [2.45, 2.75) is 38.5 Å². The molecule has 0 spiro atoms. The van der Waals surface area contributed by atoms with Gasteiger partial charge in [-0.1, -0.05) is 0 Å². The van der Waals surface area contributed by atoms with Crippen molar-refractivity contribution in [2.75, 3.05) is 19.8 Å². The van der Waals surface area contributed by atoms with Gasteiger partial charge in [0.25, 0.3) is 0 Å². The molecule has 4 nitrogen and oxygen atoms in total. The van der Waals surface area contributed by atoms with Crippen LogP contribution in [0.5, 0.6) is 0 Å². The molecule has 18 heavy (non-hydrogen) atoms. The van der Waals surface area contributed by atoms with Gasteiger partial charge in [-0.2, -0.15) is 8.78 Å².